The van der Waals surface area contributed by atoms with Crippen molar-refractivity contribution in [1.82, 2.24) is 29.5 Å². The van der Waals surface area contributed by atoms with E-state index in [9.17, 15) is 4.79 Å². The first-order valence-electron chi connectivity index (χ1n) is 9.68. The van der Waals surface area contributed by atoms with Crippen molar-refractivity contribution in [2.75, 3.05) is 5.32 Å². The molecule has 0 aliphatic heterocycles. The maximum absolute atomic E-state index is 12.3. The number of nitrogens with zero attached hydrogens (tertiary/aromatic N) is 5. The maximum Gasteiger partial charge on any atom is 0.252 e. The summed E-state index contributed by atoms with van der Waals surface area (Å²) in [4.78, 5) is 21.4. The number of hydrogen-bond acceptors (Lipinski definition) is 5. The highest BCUT2D eigenvalue weighted by molar-refractivity contribution is 9.10. The van der Waals surface area contributed by atoms with Crippen LogP contribution in [0.5, 0.6) is 0 Å². The molecule has 0 radical (unpaired) electrons. The lowest BCUT2D eigenvalue weighted by molar-refractivity contribution is 0.0943. The molecule has 160 valence electrons. The number of amides is 1. The Labute approximate surface area is 192 Å². The topological polar surface area (TPSA) is 89.1 Å². The van der Waals surface area contributed by atoms with Gasteiger partial charge in [-0.15, -0.1) is 0 Å². The number of nitrogens with one attached hydrogen (secondary N) is 2. The lowest BCUT2D eigenvalue weighted by Gasteiger charge is -2.11. The molecule has 0 aliphatic carbocycles. The molecular weight excluding hydrogens is 482 g/mol. The van der Waals surface area contributed by atoms with Crippen LogP contribution in [0.25, 0.3) is 16.9 Å². The van der Waals surface area contributed by atoms with Crippen LogP contribution in [0.1, 0.15) is 29.9 Å². The van der Waals surface area contributed by atoms with Gasteiger partial charge in [-0.25, -0.2) is 9.97 Å². The van der Waals surface area contributed by atoms with E-state index in [0.717, 1.165) is 17.0 Å². The lowest BCUT2D eigenvalue weighted by atomic mass is 10.1. The summed E-state index contributed by atoms with van der Waals surface area (Å²) >= 11 is 9.91. The molecule has 0 saturated heterocycles. The van der Waals surface area contributed by atoms with E-state index in [1.807, 2.05) is 43.6 Å². The van der Waals surface area contributed by atoms with Crippen molar-refractivity contribution in [3.8, 4) is 11.3 Å². The van der Waals surface area contributed by atoms with Crippen LogP contribution in [0.15, 0.2) is 47.5 Å². The summed E-state index contributed by atoms with van der Waals surface area (Å²) in [6, 6.07) is 7.34. The van der Waals surface area contributed by atoms with E-state index in [1.54, 1.807) is 29.2 Å². The summed E-state index contributed by atoms with van der Waals surface area (Å²) in [6.45, 7) is 4.37. The molecule has 0 bridgehead atoms. The number of carbonyl (C=O) groups is 1. The van der Waals surface area contributed by atoms with Gasteiger partial charge in [-0.05, 0) is 48.0 Å². The predicted octanol–water partition coefficient (Wildman–Crippen LogP) is 4.30. The van der Waals surface area contributed by atoms with Gasteiger partial charge in [0.15, 0.2) is 11.5 Å². The van der Waals surface area contributed by atoms with Crippen LogP contribution < -0.4 is 10.6 Å². The molecule has 0 spiro atoms. The normalized spacial score (nSPS) is 11.3. The third-order valence-corrected chi connectivity index (χ3v) is 5.45. The third kappa shape index (κ3) is 4.42. The van der Waals surface area contributed by atoms with E-state index in [2.05, 4.69) is 41.6 Å². The SMILES string of the molecule is CC(C)NC(=O)c1ccc(-c2cnc3c(NCc4ccnn4C)nc(Br)cn23)cc1Cl. The van der Waals surface area contributed by atoms with Crippen LogP contribution in [-0.4, -0.2) is 36.1 Å². The zero-order chi connectivity index (χ0) is 22.1. The summed E-state index contributed by atoms with van der Waals surface area (Å²) < 4.78 is 4.39. The quantitative estimate of drug-likeness (QED) is 0.410. The molecule has 4 rings (SSSR count). The molecule has 1 amide bonds. The molecule has 10 heteroatoms. The first-order valence-corrected chi connectivity index (χ1v) is 10.9. The maximum atomic E-state index is 12.3. The van der Waals surface area contributed by atoms with E-state index < -0.39 is 0 Å². The van der Waals surface area contributed by atoms with Crippen LogP contribution in [0.4, 0.5) is 5.82 Å². The van der Waals surface area contributed by atoms with Gasteiger partial charge in [0.25, 0.3) is 5.91 Å². The highest BCUT2D eigenvalue weighted by Crippen LogP contribution is 2.29. The lowest BCUT2D eigenvalue weighted by Crippen LogP contribution is -2.30. The van der Waals surface area contributed by atoms with Gasteiger partial charge in [0.1, 0.15) is 4.60 Å². The predicted molar refractivity (Wildman–Crippen MR) is 124 cm³/mol. The second-order valence-electron chi connectivity index (χ2n) is 7.37. The highest BCUT2D eigenvalue weighted by atomic mass is 79.9. The number of anilines is 1. The van der Waals surface area contributed by atoms with Crippen molar-refractivity contribution in [2.24, 2.45) is 7.05 Å². The molecule has 0 atom stereocenters. The average Bonchev–Trinajstić information content (AvgIpc) is 3.31. The summed E-state index contributed by atoms with van der Waals surface area (Å²) in [5, 5.41) is 10.7. The third-order valence-electron chi connectivity index (χ3n) is 4.75. The van der Waals surface area contributed by atoms with Gasteiger partial charge in [0.05, 0.1) is 34.7 Å². The molecule has 3 heterocycles. The van der Waals surface area contributed by atoms with Crippen molar-refractivity contribution in [1.29, 1.82) is 0 Å². The Morgan fingerprint density at radius 3 is 2.77 bits per heavy atom. The van der Waals surface area contributed by atoms with Gasteiger partial charge >= 0.3 is 0 Å². The summed E-state index contributed by atoms with van der Waals surface area (Å²) in [7, 11) is 1.89. The van der Waals surface area contributed by atoms with Crippen LogP contribution in [0.3, 0.4) is 0 Å². The van der Waals surface area contributed by atoms with Crippen LogP contribution >= 0.6 is 27.5 Å². The van der Waals surface area contributed by atoms with Gasteiger partial charge in [0.2, 0.25) is 0 Å². The molecule has 31 heavy (non-hydrogen) atoms. The van der Waals surface area contributed by atoms with Crippen molar-refractivity contribution in [2.45, 2.75) is 26.4 Å². The Morgan fingerprint density at radius 1 is 1.29 bits per heavy atom. The largest absolute Gasteiger partial charge is 0.361 e. The van der Waals surface area contributed by atoms with Gasteiger partial charge in [0, 0.05) is 31.0 Å². The molecule has 0 unspecified atom stereocenters. The minimum absolute atomic E-state index is 0.0316. The van der Waals surface area contributed by atoms with Crippen molar-refractivity contribution < 1.29 is 4.79 Å². The van der Waals surface area contributed by atoms with E-state index >= 15 is 0 Å². The van der Waals surface area contributed by atoms with Gasteiger partial charge < -0.3 is 10.6 Å². The van der Waals surface area contributed by atoms with E-state index in [0.29, 0.717) is 33.2 Å². The summed E-state index contributed by atoms with van der Waals surface area (Å²) in [5.41, 5.74) is 3.81. The van der Waals surface area contributed by atoms with E-state index in [4.69, 9.17) is 11.6 Å². The van der Waals surface area contributed by atoms with Gasteiger partial charge in [-0.3, -0.25) is 13.9 Å². The van der Waals surface area contributed by atoms with Crippen molar-refractivity contribution in [3.63, 3.8) is 0 Å². The molecule has 4 aromatic rings. The molecule has 3 aromatic heterocycles. The minimum atomic E-state index is -0.196. The van der Waals surface area contributed by atoms with E-state index in [-0.39, 0.29) is 11.9 Å². The molecule has 2 N–H and O–H groups in total. The first kappa shape index (κ1) is 21.3. The number of halogens is 2. The minimum Gasteiger partial charge on any atom is -0.361 e. The number of benzene rings is 1. The Hall–Kier alpha value is -2.91. The standard InChI is InChI=1S/C21H21BrClN7O/c1-12(2)27-21(31)15-5-4-13(8-16(15)23)17-10-25-20-19(28-18(22)11-30(17)20)24-9-14-6-7-26-29(14)3/h4-8,10-12H,9H2,1-3H3,(H,24,28)(H,27,31). The van der Waals surface area contributed by atoms with Crippen LogP contribution in [-0.2, 0) is 13.6 Å². The average molecular weight is 503 g/mol. The molecule has 0 saturated carbocycles. The Morgan fingerprint density at radius 2 is 2.10 bits per heavy atom. The number of rotatable bonds is 6. The van der Waals surface area contributed by atoms with Crippen LogP contribution in [0, 0.1) is 0 Å². The fourth-order valence-electron chi connectivity index (χ4n) is 3.24. The Balaban J connectivity index is 1.67. The number of hydrogen-bond donors (Lipinski definition) is 2. The van der Waals surface area contributed by atoms with E-state index in [1.165, 1.54) is 0 Å². The highest BCUT2D eigenvalue weighted by Gasteiger charge is 2.16. The number of imidazole rings is 1. The Kier molecular flexibility index (Phi) is 5.97. The van der Waals surface area contributed by atoms with Crippen molar-refractivity contribution in [3.05, 3.63) is 63.7 Å². The van der Waals surface area contributed by atoms with Crippen LogP contribution in [0.2, 0.25) is 5.02 Å². The van der Waals surface area contributed by atoms with Gasteiger partial charge in [-0.2, -0.15) is 5.10 Å². The summed E-state index contributed by atoms with van der Waals surface area (Å²) in [5.74, 6) is 0.444. The fraction of sp³-hybridized carbons (Fsp3) is 0.238. The molecule has 0 aliphatic rings. The van der Waals surface area contributed by atoms with Crippen molar-refractivity contribution >= 4 is 44.9 Å². The molecule has 1 aromatic carbocycles. The number of carbonyl (C=O) groups excluding carboxylic acids is 1. The zero-order valence-corrected chi connectivity index (χ0v) is 19.6. The second kappa shape index (κ2) is 8.68. The zero-order valence-electron chi connectivity index (χ0n) is 17.2. The Bertz CT molecular complexity index is 1260. The molecule has 8 nitrogen and oxygen atoms in total. The molecule has 0 fully saturated rings. The number of aryl methyl sites for hydroxylation is 1. The summed E-state index contributed by atoms with van der Waals surface area (Å²) in [6.07, 6.45) is 5.36. The smallest absolute Gasteiger partial charge is 0.252 e. The monoisotopic (exact) mass is 501 g/mol. The second-order valence-corrected chi connectivity index (χ2v) is 8.59. The van der Waals surface area contributed by atoms with Gasteiger partial charge in [-0.1, -0.05) is 17.7 Å². The number of aromatic nitrogens is 5. The number of fused-ring (bicyclic) bond motifs is 1. The fourth-order valence-corrected chi connectivity index (χ4v) is 3.89. The first-order chi connectivity index (χ1) is 14.8. The molecular formula is C21H21BrClN7O.